The van der Waals surface area contributed by atoms with E-state index in [2.05, 4.69) is 9.47 Å². The highest BCUT2D eigenvalue weighted by atomic mass is 16.6. The molecule has 6 heteroatoms. The summed E-state index contributed by atoms with van der Waals surface area (Å²) < 4.78 is 9.01. The molecule has 0 aromatic carbocycles. The maximum absolute atomic E-state index is 11.3. The minimum atomic E-state index is -0.583. The molecule has 6 nitrogen and oxygen atoms in total. The van der Waals surface area contributed by atoms with Crippen molar-refractivity contribution < 1.29 is 28.7 Å². The van der Waals surface area contributed by atoms with E-state index in [1.54, 1.807) is 0 Å². The Labute approximate surface area is 89.9 Å². The van der Waals surface area contributed by atoms with Gasteiger partial charge in [0.15, 0.2) is 0 Å². The van der Waals surface area contributed by atoms with Gasteiger partial charge in [-0.2, -0.15) is 0 Å². The van der Waals surface area contributed by atoms with E-state index in [0.29, 0.717) is 0 Å². The number of fused-ring (bicyclic) bond motifs is 2. The summed E-state index contributed by atoms with van der Waals surface area (Å²) in [5.41, 5.74) is 0. The maximum Gasteiger partial charge on any atom is 0.317 e. The molecule has 0 aromatic rings. The molecule has 4 atom stereocenters. The monoisotopic (exact) mass is 224 g/mol. The van der Waals surface area contributed by atoms with E-state index < -0.39 is 47.5 Å². The van der Waals surface area contributed by atoms with Crippen molar-refractivity contribution in [2.24, 2.45) is 23.7 Å². The van der Waals surface area contributed by atoms with Crippen molar-refractivity contribution in [3.63, 3.8) is 0 Å². The van der Waals surface area contributed by atoms with E-state index in [1.807, 2.05) is 0 Å². The standard InChI is InChI=1S/C10H8O6/c11-7-3-1-4-6(10(14)16-8(4)12)2-5(3)9(13)15-7/h3-6H,1-2H2/t3-,4?,5?,6?/m1/s1. The molecule has 2 aliphatic heterocycles. The van der Waals surface area contributed by atoms with Gasteiger partial charge >= 0.3 is 23.9 Å². The van der Waals surface area contributed by atoms with Crippen LogP contribution in [0.5, 0.6) is 0 Å². The number of esters is 4. The van der Waals surface area contributed by atoms with Gasteiger partial charge in [-0.3, -0.25) is 19.2 Å². The number of ether oxygens (including phenoxy) is 2. The van der Waals surface area contributed by atoms with Crippen LogP contribution in [0.2, 0.25) is 0 Å². The fourth-order valence-corrected chi connectivity index (χ4v) is 2.75. The third-order valence-corrected chi connectivity index (χ3v) is 3.60. The average Bonchev–Trinajstić information content (AvgIpc) is 2.67. The third kappa shape index (κ3) is 1.07. The summed E-state index contributed by atoms with van der Waals surface area (Å²) in [5, 5.41) is 0. The molecule has 3 fully saturated rings. The van der Waals surface area contributed by atoms with Gasteiger partial charge in [-0.25, -0.2) is 0 Å². The van der Waals surface area contributed by atoms with Crippen molar-refractivity contribution in [1.29, 1.82) is 0 Å². The smallest absolute Gasteiger partial charge is 0.317 e. The highest BCUT2D eigenvalue weighted by Crippen LogP contribution is 2.45. The Morgan fingerprint density at radius 2 is 0.875 bits per heavy atom. The van der Waals surface area contributed by atoms with Crippen LogP contribution in [0.1, 0.15) is 12.8 Å². The Morgan fingerprint density at radius 1 is 0.625 bits per heavy atom. The molecule has 84 valence electrons. The molecule has 1 aliphatic carbocycles. The third-order valence-electron chi connectivity index (χ3n) is 3.60. The predicted molar refractivity (Wildman–Crippen MR) is 45.4 cm³/mol. The van der Waals surface area contributed by atoms with E-state index in [1.165, 1.54) is 0 Å². The van der Waals surface area contributed by atoms with Gasteiger partial charge in [-0.05, 0) is 12.8 Å². The second kappa shape index (κ2) is 2.90. The fraction of sp³-hybridized carbons (Fsp3) is 0.600. The lowest BCUT2D eigenvalue weighted by molar-refractivity contribution is -0.154. The lowest BCUT2D eigenvalue weighted by Gasteiger charge is -2.25. The lowest BCUT2D eigenvalue weighted by Crippen LogP contribution is -2.35. The minimum Gasteiger partial charge on any atom is -0.393 e. The molecule has 0 spiro atoms. The van der Waals surface area contributed by atoms with Crippen LogP contribution in [0.3, 0.4) is 0 Å². The largest absolute Gasteiger partial charge is 0.393 e. The zero-order valence-electron chi connectivity index (χ0n) is 8.17. The predicted octanol–water partition coefficient (Wildman–Crippen LogP) is -0.588. The van der Waals surface area contributed by atoms with Gasteiger partial charge in [0.1, 0.15) is 0 Å². The van der Waals surface area contributed by atoms with Gasteiger partial charge < -0.3 is 9.47 Å². The van der Waals surface area contributed by atoms with Crippen LogP contribution in [0.15, 0.2) is 0 Å². The molecule has 0 aromatic heterocycles. The molecule has 2 heterocycles. The van der Waals surface area contributed by atoms with Gasteiger partial charge in [0.05, 0.1) is 23.7 Å². The maximum atomic E-state index is 11.3. The van der Waals surface area contributed by atoms with E-state index in [-0.39, 0.29) is 12.8 Å². The SMILES string of the molecule is O=C1OC(=O)C2C[C@H]3C(=O)OC(=O)C3CC12. The van der Waals surface area contributed by atoms with Crippen LogP contribution < -0.4 is 0 Å². The summed E-state index contributed by atoms with van der Waals surface area (Å²) in [6, 6.07) is 0. The van der Waals surface area contributed by atoms with Crippen molar-refractivity contribution in [3.8, 4) is 0 Å². The van der Waals surface area contributed by atoms with Gasteiger partial charge in [-0.1, -0.05) is 0 Å². The Hall–Kier alpha value is -1.72. The van der Waals surface area contributed by atoms with Crippen LogP contribution in [0.25, 0.3) is 0 Å². The second-order valence-corrected chi connectivity index (χ2v) is 4.38. The van der Waals surface area contributed by atoms with Crippen LogP contribution >= 0.6 is 0 Å². The molecular formula is C10H8O6. The summed E-state index contributed by atoms with van der Waals surface area (Å²) in [4.78, 5) is 45.3. The average molecular weight is 224 g/mol. The number of cyclic esters (lactones) is 4. The molecule has 3 rings (SSSR count). The second-order valence-electron chi connectivity index (χ2n) is 4.38. The molecule has 0 N–H and O–H groups in total. The number of rotatable bonds is 0. The van der Waals surface area contributed by atoms with E-state index >= 15 is 0 Å². The van der Waals surface area contributed by atoms with Crippen LogP contribution in [0.4, 0.5) is 0 Å². The molecule has 16 heavy (non-hydrogen) atoms. The first-order valence-electron chi connectivity index (χ1n) is 5.09. The van der Waals surface area contributed by atoms with E-state index in [4.69, 9.17) is 0 Å². The summed E-state index contributed by atoms with van der Waals surface area (Å²) >= 11 is 0. The number of carbonyl (C=O) groups excluding carboxylic acids is 4. The zero-order valence-corrected chi connectivity index (χ0v) is 8.17. The van der Waals surface area contributed by atoms with Gasteiger partial charge in [0.2, 0.25) is 0 Å². The summed E-state index contributed by atoms with van der Waals surface area (Å²) in [6.07, 6.45) is 0.370. The molecule has 0 amide bonds. The van der Waals surface area contributed by atoms with E-state index in [9.17, 15) is 19.2 Å². The molecule has 3 unspecified atom stereocenters. The molecular weight excluding hydrogens is 216 g/mol. The summed E-state index contributed by atoms with van der Waals surface area (Å²) in [7, 11) is 0. The summed E-state index contributed by atoms with van der Waals surface area (Å²) in [6.45, 7) is 0. The first kappa shape index (κ1) is 9.50. The Balaban J connectivity index is 1.92. The quantitative estimate of drug-likeness (QED) is 0.404. The molecule has 0 bridgehead atoms. The van der Waals surface area contributed by atoms with Crippen molar-refractivity contribution in [3.05, 3.63) is 0 Å². The molecule has 0 radical (unpaired) electrons. The Bertz CT molecular complexity index is 349. The van der Waals surface area contributed by atoms with Crippen LogP contribution in [0, 0.1) is 23.7 Å². The van der Waals surface area contributed by atoms with Crippen LogP contribution in [-0.4, -0.2) is 23.9 Å². The normalized spacial score (nSPS) is 41.5. The highest BCUT2D eigenvalue weighted by molar-refractivity contribution is 6.01. The molecule has 1 saturated carbocycles. The van der Waals surface area contributed by atoms with Gasteiger partial charge in [-0.15, -0.1) is 0 Å². The van der Waals surface area contributed by atoms with Crippen molar-refractivity contribution in [2.75, 3.05) is 0 Å². The number of hydrogen-bond acceptors (Lipinski definition) is 6. The molecule has 2 saturated heterocycles. The van der Waals surface area contributed by atoms with Gasteiger partial charge in [0, 0.05) is 0 Å². The summed E-state index contributed by atoms with van der Waals surface area (Å²) in [5.74, 6) is -4.64. The van der Waals surface area contributed by atoms with Crippen molar-refractivity contribution in [2.45, 2.75) is 12.8 Å². The number of hydrogen-bond donors (Lipinski definition) is 0. The first-order chi connectivity index (χ1) is 7.58. The van der Waals surface area contributed by atoms with Gasteiger partial charge in [0.25, 0.3) is 0 Å². The zero-order chi connectivity index (χ0) is 11.4. The van der Waals surface area contributed by atoms with Crippen molar-refractivity contribution in [1.82, 2.24) is 0 Å². The Morgan fingerprint density at radius 3 is 1.12 bits per heavy atom. The number of carbonyl (C=O) groups is 4. The Kier molecular flexibility index (Phi) is 1.72. The van der Waals surface area contributed by atoms with E-state index in [0.717, 1.165) is 0 Å². The minimum absolute atomic E-state index is 0.185. The van der Waals surface area contributed by atoms with Crippen molar-refractivity contribution >= 4 is 23.9 Å². The van der Waals surface area contributed by atoms with Crippen LogP contribution in [-0.2, 0) is 28.7 Å². The fourth-order valence-electron chi connectivity index (χ4n) is 2.75. The topological polar surface area (TPSA) is 86.7 Å². The first-order valence-corrected chi connectivity index (χ1v) is 5.09. The molecule has 3 aliphatic rings. The highest BCUT2D eigenvalue weighted by Gasteiger charge is 2.57. The lowest BCUT2D eigenvalue weighted by atomic mass is 9.70.